The SMILES string of the molecule is CC(C)(C)c1ccccc1NC(=O)COC(=O)c1ccc(C(F)(F)F)cc1. The van der Waals surface area contributed by atoms with E-state index in [-0.39, 0.29) is 11.0 Å². The predicted molar refractivity (Wildman–Crippen MR) is 95.5 cm³/mol. The van der Waals surface area contributed by atoms with Gasteiger partial charge >= 0.3 is 12.1 Å². The lowest BCUT2D eigenvalue weighted by Crippen LogP contribution is -2.23. The molecule has 0 spiro atoms. The molecular formula is C20H20F3NO3. The van der Waals surface area contributed by atoms with Crippen LogP contribution in [0.2, 0.25) is 0 Å². The molecular weight excluding hydrogens is 359 g/mol. The Labute approximate surface area is 155 Å². The number of hydrogen-bond donors (Lipinski definition) is 1. The Bertz CT molecular complexity index is 822. The summed E-state index contributed by atoms with van der Waals surface area (Å²) >= 11 is 0. The molecule has 0 aliphatic heterocycles. The summed E-state index contributed by atoms with van der Waals surface area (Å²) in [5.74, 6) is -1.41. The number of para-hydroxylation sites is 1. The number of benzene rings is 2. The highest BCUT2D eigenvalue weighted by molar-refractivity contribution is 5.96. The number of rotatable bonds is 4. The molecule has 0 saturated heterocycles. The molecule has 0 aromatic heterocycles. The molecule has 0 unspecified atom stereocenters. The van der Waals surface area contributed by atoms with Gasteiger partial charge in [0.15, 0.2) is 6.61 Å². The van der Waals surface area contributed by atoms with Gasteiger partial charge in [-0.25, -0.2) is 4.79 Å². The zero-order chi connectivity index (χ0) is 20.2. The van der Waals surface area contributed by atoms with Crippen LogP contribution in [0.15, 0.2) is 48.5 Å². The Hall–Kier alpha value is -2.83. The average molecular weight is 379 g/mol. The van der Waals surface area contributed by atoms with Crippen LogP contribution in [-0.2, 0) is 21.1 Å². The molecule has 27 heavy (non-hydrogen) atoms. The molecule has 2 aromatic rings. The van der Waals surface area contributed by atoms with Crippen LogP contribution in [0.1, 0.15) is 42.3 Å². The Balaban J connectivity index is 1.97. The quantitative estimate of drug-likeness (QED) is 0.777. The van der Waals surface area contributed by atoms with E-state index in [2.05, 4.69) is 5.32 Å². The summed E-state index contributed by atoms with van der Waals surface area (Å²) in [6.07, 6.45) is -4.48. The van der Waals surface area contributed by atoms with Crippen molar-refractivity contribution in [3.05, 3.63) is 65.2 Å². The highest BCUT2D eigenvalue weighted by Gasteiger charge is 2.30. The maximum Gasteiger partial charge on any atom is 0.416 e. The first-order chi connectivity index (χ1) is 12.5. The van der Waals surface area contributed by atoms with Crippen LogP contribution in [-0.4, -0.2) is 18.5 Å². The van der Waals surface area contributed by atoms with E-state index in [1.807, 2.05) is 32.9 Å². The monoisotopic (exact) mass is 379 g/mol. The second-order valence-corrected chi connectivity index (χ2v) is 7.00. The maximum absolute atomic E-state index is 12.5. The van der Waals surface area contributed by atoms with Gasteiger partial charge in [-0.2, -0.15) is 13.2 Å². The number of ether oxygens (including phenoxy) is 1. The molecule has 144 valence electrons. The van der Waals surface area contributed by atoms with Crippen molar-refractivity contribution >= 4 is 17.6 Å². The summed E-state index contributed by atoms with van der Waals surface area (Å²) in [5.41, 5.74) is 0.412. The Morgan fingerprint density at radius 3 is 2.11 bits per heavy atom. The molecule has 4 nitrogen and oxygen atoms in total. The van der Waals surface area contributed by atoms with Crippen LogP contribution in [0, 0.1) is 0 Å². The first-order valence-electron chi connectivity index (χ1n) is 8.22. The molecule has 0 heterocycles. The van der Waals surface area contributed by atoms with E-state index in [1.54, 1.807) is 12.1 Å². The van der Waals surface area contributed by atoms with Crippen molar-refractivity contribution in [1.82, 2.24) is 0 Å². The third-order valence-corrected chi connectivity index (χ3v) is 3.79. The van der Waals surface area contributed by atoms with E-state index >= 15 is 0 Å². The number of carbonyl (C=O) groups excluding carboxylic acids is 2. The van der Waals surface area contributed by atoms with Gasteiger partial charge in [0.1, 0.15) is 0 Å². The fraction of sp³-hybridized carbons (Fsp3) is 0.300. The smallest absolute Gasteiger partial charge is 0.416 e. The molecule has 0 bridgehead atoms. The van der Waals surface area contributed by atoms with E-state index in [0.29, 0.717) is 5.69 Å². The Morgan fingerprint density at radius 1 is 0.963 bits per heavy atom. The molecule has 0 radical (unpaired) electrons. The summed E-state index contributed by atoms with van der Waals surface area (Å²) < 4.78 is 42.5. The lowest BCUT2D eigenvalue weighted by molar-refractivity contribution is -0.137. The van der Waals surface area contributed by atoms with E-state index in [9.17, 15) is 22.8 Å². The minimum absolute atomic E-state index is 0.0640. The summed E-state index contributed by atoms with van der Waals surface area (Å²) in [6.45, 7) is 5.46. The summed E-state index contributed by atoms with van der Waals surface area (Å²) in [6, 6.07) is 10.9. The second kappa shape index (κ2) is 7.82. The van der Waals surface area contributed by atoms with Gasteiger partial charge in [-0.05, 0) is 41.3 Å². The first kappa shape index (κ1) is 20.5. The van der Waals surface area contributed by atoms with Gasteiger partial charge in [0.2, 0.25) is 0 Å². The van der Waals surface area contributed by atoms with E-state index in [4.69, 9.17) is 4.74 Å². The van der Waals surface area contributed by atoms with Gasteiger partial charge in [-0.15, -0.1) is 0 Å². The van der Waals surface area contributed by atoms with Crippen LogP contribution in [0.3, 0.4) is 0 Å². The second-order valence-electron chi connectivity index (χ2n) is 7.00. The number of alkyl halides is 3. The standard InChI is InChI=1S/C20H20F3NO3/c1-19(2,3)15-6-4-5-7-16(15)24-17(25)12-27-18(26)13-8-10-14(11-9-13)20(21,22)23/h4-11H,12H2,1-3H3,(H,24,25). The molecule has 2 aromatic carbocycles. The average Bonchev–Trinajstić information content (AvgIpc) is 2.58. The van der Waals surface area contributed by atoms with E-state index in [1.165, 1.54) is 0 Å². The third kappa shape index (κ3) is 5.57. The van der Waals surface area contributed by atoms with Gasteiger partial charge < -0.3 is 10.1 Å². The third-order valence-electron chi connectivity index (χ3n) is 3.79. The van der Waals surface area contributed by atoms with Gasteiger partial charge in [0.05, 0.1) is 11.1 Å². The van der Waals surface area contributed by atoms with Crippen LogP contribution < -0.4 is 5.32 Å². The molecule has 0 saturated carbocycles. The van der Waals surface area contributed by atoms with Crippen molar-refractivity contribution in [2.45, 2.75) is 32.4 Å². The lowest BCUT2D eigenvalue weighted by Gasteiger charge is -2.22. The molecule has 1 N–H and O–H groups in total. The van der Waals surface area contributed by atoms with Crippen molar-refractivity contribution in [3.8, 4) is 0 Å². The number of amides is 1. The molecule has 7 heteroatoms. The number of carbonyl (C=O) groups is 2. The highest BCUT2D eigenvalue weighted by Crippen LogP contribution is 2.30. The van der Waals surface area contributed by atoms with Crippen LogP contribution in [0.5, 0.6) is 0 Å². The number of anilines is 1. The Kier molecular flexibility index (Phi) is 5.93. The predicted octanol–water partition coefficient (Wildman–Crippen LogP) is 4.80. The van der Waals surface area contributed by atoms with E-state index < -0.39 is 30.2 Å². The summed E-state index contributed by atoms with van der Waals surface area (Å²) in [7, 11) is 0. The maximum atomic E-state index is 12.5. The lowest BCUT2D eigenvalue weighted by atomic mass is 9.86. The number of nitrogens with one attached hydrogen (secondary N) is 1. The van der Waals surface area contributed by atoms with Crippen molar-refractivity contribution in [2.75, 3.05) is 11.9 Å². The molecule has 0 fully saturated rings. The normalized spacial score (nSPS) is 11.8. The van der Waals surface area contributed by atoms with Crippen molar-refractivity contribution in [2.24, 2.45) is 0 Å². The van der Waals surface area contributed by atoms with Gasteiger partial charge in [-0.3, -0.25) is 4.79 Å². The number of esters is 1. The largest absolute Gasteiger partial charge is 0.452 e. The summed E-state index contributed by atoms with van der Waals surface area (Å²) in [5, 5.41) is 2.69. The van der Waals surface area contributed by atoms with Crippen molar-refractivity contribution in [1.29, 1.82) is 0 Å². The first-order valence-corrected chi connectivity index (χ1v) is 8.22. The van der Waals surface area contributed by atoms with Crippen molar-refractivity contribution in [3.63, 3.8) is 0 Å². The van der Waals surface area contributed by atoms with E-state index in [0.717, 1.165) is 29.8 Å². The molecule has 1 amide bonds. The molecule has 0 aliphatic rings. The topological polar surface area (TPSA) is 55.4 Å². The minimum Gasteiger partial charge on any atom is -0.452 e. The van der Waals surface area contributed by atoms with Crippen molar-refractivity contribution < 1.29 is 27.5 Å². The number of hydrogen-bond acceptors (Lipinski definition) is 3. The molecule has 2 rings (SSSR count). The van der Waals surface area contributed by atoms with Gasteiger partial charge in [-0.1, -0.05) is 39.0 Å². The van der Waals surface area contributed by atoms with Crippen LogP contribution in [0.4, 0.5) is 18.9 Å². The Morgan fingerprint density at radius 2 is 1.56 bits per heavy atom. The highest BCUT2D eigenvalue weighted by atomic mass is 19.4. The zero-order valence-corrected chi connectivity index (χ0v) is 15.2. The van der Waals surface area contributed by atoms with Gasteiger partial charge in [0.25, 0.3) is 5.91 Å². The molecule has 0 atom stereocenters. The number of halogens is 3. The van der Waals surface area contributed by atoms with Crippen LogP contribution in [0.25, 0.3) is 0 Å². The fourth-order valence-corrected chi connectivity index (χ4v) is 2.44. The molecule has 0 aliphatic carbocycles. The van der Waals surface area contributed by atoms with Crippen LogP contribution >= 0.6 is 0 Å². The zero-order valence-electron chi connectivity index (χ0n) is 15.2. The summed E-state index contributed by atoms with van der Waals surface area (Å²) in [4.78, 5) is 24.0. The fourth-order valence-electron chi connectivity index (χ4n) is 2.44. The van der Waals surface area contributed by atoms with Gasteiger partial charge in [0, 0.05) is 5.69 Å². The minimum atomic E-state index is -4.48.